The molecule has 0 aliphatic carbocycles. The van der Waals surface area contributed by atoms with E-state index >= 15 is 0 Å². The molecule has 1 aliphatic heterocycles. The van der Waals surface area contributed by atoms with Crippen LogP contribution in [0.4, 0.5) is 5.69 Å². The minimum atomic E-state index is -0.296. The van der Waals surface area contributed by atoms with Gasteiger partial charge in [0.2, 0.25) is 0 Å². The maximum absolute atomic E-state index is 11.5. The molecular weight excluding hydrogens is 392 g/mol. The Balaban J connectivity index is 1.65. The Morgan fingerprint density at radius 2 is 1.84 bits per heavy atom. The third-order valence-electron chi connectivity index (χ3n) is 6.04. The minimum absolute atomic E-state index is 0.296. The van der Waals surface area contributed by atoms with Gasteiger partial charge in [0.25, 0.3) is 0 Å². The summed E-state index contributed by atoms with van der Waals surface area (Å²) >= 11 is 0. The lowest BCUT2D eigenvalue weighted by atomic mass is 9.87. The molecule has 1 aliphatic rings. The summed E-state index contributed by atoms with van der Waals surface area (Å²) in [6.07, 6.45) is 1.79. The lowest BCUT2D eigenvalue weighted by Gasteiger charge is -2.40. The number of carbonyl (C=O) groups excluding carboxylic acids is 1. The number of hydrogen-bond donors (Lipinski definition) is 1. The predicted octanol–water partition coefficient (Wildman–Crippen LogP) is 4.21. The van der Waals surface area contributed by atoms with Gasteiger partial charge in [0, 0.05) is 31.3 Å². The second kappa shape index (κ2) is 9.18. The molecule has 1 unspecified atom stereocenters. The Morgan fingerprint density at radius 3 is 2.48 bits per heavy atom. The summed E-state index contributed by atoms with van der Waals surface area (Å²) in [5.74, 6) is 2.14. The molecule has 6 nitrogen and oxygen atoms in total. The number of nitrogens with zero attached hydrogens (tertiary/aromatic N) is 1. The van der Waals surface area contributed by atoms with Crippen LogP contribution in [0.2, 0.25) is 0 Å². The van der Waals surface area contributed by atoms with Crippen molar-refractivity contribution in [3.05, 3.63) is 46.5 Å². The fraction of sp³-hybridized carbons (Fsp3) is 0.480. The highest BCUT2D eigenvalue weighted by Crippen LogP contribution is 2.43. The van der Waals surface area contributed by atoms with Crippen molar-refractivity contribution in [1.82, 2.24) is 4.90 Å². The van der Waals surface area contributed by atoms with Crippen LogP contribution < -0.4 is 19.9 Å². The lowest BCUT2D eigenvalue weighted by molar-refractivity contribution is -0.132. The van der Waals surface area contributed by atoms with E-state index in [-0.39, 0.29) is 11.6 Å². The van der Waals surface area contributed by atoms with Gasteiger partial charge >= 0.3 is 5.97 Å². The number of esters is 1. The smallest absolute Gasteiger partial charge is 0.308 e. The standard InChI is InChI=1S/C25H34N2O4/c1-16-17(2)24-22(18(3)23(16)30-19(4)28)11-12-25(5,31-24)15-27(6)13-14-29-21-9-7-20(26)8-10-21/h7-10H,11-15,26H2,1-6H3. The van der Waals surface area contributed by atoms with E-state index < -0.39 is 0 Å². The van der Waals surface area contributed by atoms with Gasteiger partial charge in [0.15, 0.2) is 0 Å². The summed E-state index contributed by atoms with van der Waals surface area (Å²) in [7, 11) is 2.09. The molecule has 0 fully saturated rings. The summed E-state index contributed by atoms with van der Waals surface area (Å²) < 4.78 is 17.9. The zero-order valence-corrected chi connectivity index (χ0v) is 19.5. The molecule has 3 rings (SSSR count). The first-order valence-electron chi connectivity index (χ1n) is 10.8. The maximum Gasteiger partial charge on any atom is 0.308 e. The molecule has 168 valence electrons. The molecule has 31 heavy (non-hydrogen) atoms. The van der Waals surface area contributed by atoms with E-state index in [1.807, 2.05) is 45.0 Å². The molecule has 0 amide bonds. The second-order valence-corrected chi connectivity index (χ2v) is 8.81. The zero-order valence-electron chi connectivity index (χ0n) is 19.5. The van der Waals surface area contributed by atoms with Crippen LogP contribution in [0.25, 0.3) is 0 Å². The van der Waals surface area contributed by atoms with Gasteiger partial charge in [0.05, 0.1) is 0 Å². The molecule has 2 N–H and O–H groups in total. The predicted molar refractivity (Wildman–Crippen MR) is 123 cm³/mol. The normalized spacial score (nSPS) is 17.8. The molecule has 0 radical (unpaired) electrons. The molecule has 6 heteroatoms. The number of anilines is 1. The first-order valence-corrected chi connectivity index (χ1v) is 10.8. The van der Waals surface area contributed by atoms with E-state index in [9.17, 15) is 4.79 Å². The molecule has 2 aromatic rings. The van der Waals surface area contributed by atoms with Gasteiger partial charge in [-0.15, -0.1) is 0 Å². The van der Waals surface area contributed by atoms with E-state index in [0.717, 1.165) is 65.4 Å². The van der Waals surface area contributed by atoms with Gasteiger partial charge < -0.3 is 19.9 Å². The first kappa shape index (κ1) is 22.9. The van der Waals surface area contributed by atoms with Gasteiger partial charge in [-0.1, -0.05) is 0 Å². The third-order valence-corrected chi connectivity index (χ3v) is 6.04. The first-order chi connectivity index (χ1) is 14.6. The number of carbonyl (C=O) groups is 1. The van der Waals surface area contributed by atoms with Crippen LogP contribution in [-0.2, 0) is 11.2 Å². The number of ether oxygens (including phenoxy) is 3. The Bertz CT molecular complexity index is 955. The fourth-order valence-corrected chi connectivity index (χ4v) is 4.22. The highest BCUT2D eigenvalue weighted by molar-refractivity contribution is 5.72. The van der Waals surface area contributed by atoms with Crippen molar-refractivity contribution in [1.29, 1.82) is 0 Å². The molecule has 0 saturated heterocycles. The summed E-state index contributed by atoms with van der Waals surface area (Å²) in [5.41, 5.74) is 10.3. The molecule has 0 saturated carbocycles. The number of nitrogen functional groups attached to an aromatic ring is 1. The summed E-state index contributed by atoms with van der Waals surface area (Å²) in [5, 5.41) is 0. The number of fused-ring (bicyclic) bond motifs is 1. The van der Waals surface area contributed by atoms with Crippen LogP contribution in [0.3, 0.4) is 0 Å². The lowest BCUT2D eigenvalue weighted by Crippen LogP contribution is -2.47. The largest absolute Gasteiger partial charge is 0.492 e. The SMILES string of the molecule is CC(=O)Oc1c(C)c(C)c2c(c1C)CCC(C)(CN(C)CCOc1ccc(N)cc1)O2. The number of hydrogen-bond acceptors (Lipinski definition) is 6. The Hall–Kier alpha value is -2.73. The van der Waals surface area contributed by atoms with Gasteiger partial charge in [-0.3, -0.25) is 9.69 Å². The van der Waals surface area contributed by atoms with E-state index in [0.29, 0.717) is 12.4 Å². The van der Waals surface area contributed by atoms with Crippen LogP contribution in [0, 0.1) is 20.8 Å². The third kappa shape index (κ3) is 5.31. The number of nitrogens with two attached hydrogens (primary N) is 1. The summed E-state index contributed by atoms with van der Waals surface area (Å²) in [6, 6.07) is 7.45. The molecule has 1 heterocycles. The van der Waals surface area contributed by atoms with Crippen molar-refractivity contribution >= 4 is 11.7 Å². The van der Waals surface area contributed by atoms with Crippen molar-refractivity contribution < 1.29 is 19.0 Å². The molecule has 1 atom stereocenters. The Labute approximate surface area is 185 Å². The summed E-state index contributed by atoms with van der Waals surface area (Å²) in [6.45, 7) is 11.8. The highest BCUT2D eigenvalue weighted by atomic mass is 16.5. The minimum Gasteiger partial charge on any atom is -0.492 e. The molecule has 0 aromatic heterocycles. The molecule has 2 aromatic carbocycles. The Morgan fingerprint density at radius 1 is 1.16 bits per heavy atom. The van der Waals surface area contributed by atoms with Gasteiger partial charge in [-0.2, -0.15) is 0 Å². The van der Waals surface area contributed by atoms with Crippen molar-refractivity contribution in [3.63, 3.8) is 0 Å². The zero-order chi connectivity index (χ0) is 22.8. The van der Waals surface area contributed by atoms with Crippen LogP contribution >= 0.6 is 0 Å². The topological polar surface area (TPSA) is 74.0 Å². The van der Waals surface area contributed by atoms with Gasteiger partial charge in [-0.25, -0.2) is 0 Å². The Kier molecular flexibility index (Phi) is 6.80. The van der Waals surface area contributed by atoms with Crippen LogP contribution in [0.5, 0.6) is 17.2 Å². The number of rotatable bonds is 7. The van der Waals surface area contributed by atoms with Crippen molar-refractivity contribution in [2.24, 2.45) is 0 Å². The van der Waals surface area contributed by atoms with E-state index in [1.165, 1.54) is 6.92 Å². The van der Waals surface area contributed by atoms with Crippen molar-refractivity contribution in [2.75, 3.05) is 32.5 Å². The highest BCUT2D eigenvalue weighted by Gasteiger charge is 2.35. The summed E-state index contributed by atoms with van der Waals surface area (Å²) in [4.78, 5) is 13.8. The van der Waals surface area contributed by atoms with Gasteiger partial charge in [-0.05, 0) is 88.5 Å². The average Bonchev–Trinajstić information content (AvgIpc) is 2.70. The fourth-order valence-electron chi connectivity index (χ4n) is 4.22. The number of likely N-dealkylation sites (N-methyl/N-ethyl adjacent to an activating group) is 1. The van der Waals surface area contributed by atoms with Crippen LogP contribution in [0.1, 0.15) is 42.5 Å². The van der Waals surface area contributed by atoms with Crippen molar-refractivity contribution in [3.8, 4) is 17.2 Å². The quantitative estimate of drug-likeness (QED) is 0.406. The van der Waals surface area contributed by atoms with E-state index in [4.69, 9.17) is 19.9 Å². The average molecular weight is 427 g/mol. The number of benzene rings is 2. The van der Waals surface area contributed by atoms with Gasteiger partial charge in [0.1, 0.15) is 29.5 Å². The van der Waals surface area contributed by atoms with E-state index in [1.54, 1.807) is 0 Å². The maximum atomic E-state index is 11.5. The van der Waals surface area contributed by atoms with Crippen LogP contribution in [0.15, 0.2) is 24.3 Å². The van der Waals surface area contributed by atoms with E-state index in [2.05, 4.69) is 18.9 Å². The monoisotopic (exact) mass is 426 g/mol. The van der Waals surface area contributed by atoms with Crippen LogP contribution in [-0.4, -0.2) is 43.2 Å². The van der Waals surface area contributed by atoms with Crippen molar-refractivity contribution in [2.45, 2.75) is 53.1 Å². The molecule has 0 bridgehead atoms. The second-order valence-electron chi connectivity index (χ2n) is 8.81. The molecular formula is C25H34N2O4. The molecule has 0 spiro atoms.